The molecule has 1 heterocycles. The molecule has 1 aromatic rings. The normalized spacial score (nSPS) is 13.8. The molecule has 1 aliphatic heterocycles. The summed E-state index contributed by atoms with van der Waals surface area (Å²) in [6, 6.07) is 8.12. The number of benzene rings is 1. The largest absolute Gasteiger partial charge is 0.193 e. The molecule has 9 heavy (non-hydrogen) atoms. The lowest BCUT2D eigenvalue weighted by atomic mass is 10.2. The third-order valence-corrected chi connectivity index (χ3v) is 1.46. The van der Waals surface area contributed by atoms with Crippen LogP contribution in [0, 0.1) is 0 Å². The zero-order chi connectivity index (χ0) is 6.10. The summed E-state index contributed by atoms with van der Waals surface area (Å²) in [6.45, 7) is 0.885. The number of nitrogens with one attached hydrogen (secondary N) is 1. The molecule has 0 radical (unpaired) electrons. The van der Waals surface area contributed by atoms with E-state index in [0.29, 0.717) is 0 Å². The number of fused-ring (bicyclic) bond motifs is 1. The number of rotatable bonds is 0. The van der Waals surface area contributed by atoms with Crippen molar-refractivity contribution in [2.45, 2.75) is 6.54 Å². The Morgan fingerprint density at radius 2 is 2.22 bits per heavy atom. The van der Waals surface area contributed by atoms with E-state index in [1.807, 2.05) is 18.2 Å². The zero-order valence-corrected chi connectivity index (χ0v) is 4.96. The zero-order valence-electron chi connectivity index (χ0n) is 4.96. The van der Waals surface area contributed by atoms with Crippen LogP contribution in [0.4, 0.5) is 5.69 Å². The minimum atomic E-state index is 0.885. The Bertz CT molecular complexity index is 253. The Morgan fingerprint density at radius 1 is 1.33 bits per heavy atom. The fourth-order valence-corrected chi connectivity index (χ4v) is 0.979. The SMILES string of the molecule is c1ccc2c(c1)C[NH+]=N2. The minimum Gasteiger partial charge on any atom is -0.132 e. The van der Waals surface area contributed by atoms with Crippen molar-refractivity contribution in [2.24, 2.45) is 5.11 Å². The van der Waals surface area contributed by atoms with E-state index in [-0.39, 0.29) is 0 Å². The molecule has 2 heteroatoms. The molecule has 2 rings (SSSR count). The summed E-state index contributed by atoms with van der Waals surface area (Å²) in [6.07, 6.45) is 0. The smallest absolute Gasteiger partial charge is 0.132 e. The Hall–Kier alpha value is -1.18. The predicted molar refractivity (Wildman–Crippen MR) is 33.2 cm³/mol. The molecule has 44 valence electrons. The van der Waals surface area contributed by atoms with Crippen molar-refractivity contribution in [3.63, 3.8) is 0 Å². The molecular weight excluding hydrogens is 112 g/mol. The van der Waals surface area contributed by atoms with Crippen LogP contribution in [0.1, 0.15) is 5.56 Å². The average Bonchev–Trinajstić information content (AvgIpc) is 2.33. The maximum atomic E-state index is 4.05. The van der Waals surface area contributed by atoms with Gasteiger partial charge in [-0.05, 0) is 11.2 Å². The Kier molecular flexibility index (Phi) is 0.859. The molecule has 0 aliphatic carbocycles. The van der Waals surface area contributed by atoms with E-state index in [1.54, 1.807) is 0 Å². The van der Waals surface area contributed by atoms with Crippen molar-refractivity contribution in [3.8, 4) is 0 Å². The van der Waals surface area contributed by atoms with Gasteiger partial charge in [-0.2, -0.15) is 0 Å². The molecule has 1 aliphatic rings. The molecule has 0 unspecified atom stereocenters. The first kappa shape index (κ1) is 4.68. The van der Waals surface area contributed by atoms with E-state index in [9.17, 15) is 0 Å². The summed E-state index contributed by atoms with van der Waals surface area (Å²) >= 11 is 0. The van der Waals surface area contributed by atoms with E-state index >= 15 is 0 Å². The molecule has 0 fully saturated rings. The van der Waals surface area contributed by atoms with Crippen LogP contribution >= 0.6 is 0 Å². The average molecular weight is 119 g/mol. The topological polar surface area (TPSA) is 26.3 Å². The summed E-state index contributed by atoms with van der Waals surface area (Å²) in [5.41, 5.74) is 2.37. The maximum absolute atomic E-state index is 4.05. The second-order valence-electron chi connectivity index (χ2n) is 2.08. The number of azo groups is 1. The first-order valence-corrected chi connectivity index (χ1v) is 2.98. The number of hydrogen-bond donors (Lipinski definition) is 1. The summed E-state index contributed by atoms with van der Waals surface area (Å²) in [7, 11) is 0. The van der Waals surface area contributed by atoms with E-state index in [1.165, 1.54) is 5.56 Å². The highest BCUT2D eigenvalue weighted by Gasteiger charge is 2.09. The molecule has 2 nitrogen and oxygen atoms in total. The van der Waals surface area contributed by atoms with Gasteiger partial charge >= 0.3 is 0 Å². The lowest BCUT2D eigenvalue weighted by Crippen LogP contribution is -2.60. The van der Waals surface area contributed by atoms with Crippen molar-refractivity contribution in [3.05, 3.63) is 29.8 Å². The monoisotopic (exact) mass is 119 g/mol. The molecule has 1 aromatic carbocycles. The Labute approximate surface area is 53.2 Å². The molecule has 0 saturated carbocycles. The second-order valence-corrected chi connectivity index (χ2v) is 2.08. The molecule has 0 spiro atoms. The van der Waals surface area contributed by atoms with Gasteiger partial charge in [0.1, 0.15) is 5.69 Å². The third-order valence-electron chi connectivity index (χ3n) is 1.46. The van der Waals surface area contributed by atoms with E-state index < -0.39 is 0 Å². The van der Waals surface area contributed by atoms with Gasteiger partial charge in [0.2, 0.25) is 0 Å². The fraction of sp³-hybridized carbons (Fsp3) is 0.143. The van der Waals surface area contributed by atoms with Gasteiger partial charge < -0.3 is 0 Å². The first-order chi connectivity index (χ1) is 4.47. The molecule has 0 saturated heterocycles. The predicted octanol–water partition coefficient (Wildman–Crippen LogP) is 0.364. The molecular formula is C7H7N2+. The van der Waals surface area contributed by atoms with Gasteiger partial charge in [-0.25, -0.2) is 0 Å². The Balaban J connectivity index is 2.63. The summed E-state index contributed by atoms with van der Waals surface area (Å²) in [5.74, 6) is 0. The van der Waals surface area contributed by atoms with Crippen LogP contribution in [0.15, 0.2) is 29.4 Å². The fourth-order valence-electron chi connectivity index (χ4n) is 0.979. The summed E-state index contributed by atoms with van der Waals surface area (Å²) in [4.78, 5) is 0. The number of hydrogen-bond acceptors (Lipinski definition) is 1. The van der Waals surface area contributed by atoms with Crippen molar-refractivity contribution in [1.29, 1.82) is 0 Å². The van der Waals surface area contributed by atoms with Gasteiger partial charge in [0.15, 0.2) is 6.54 Å². The molecule has 0 amide bonds. The molecule has 0 atom stereocenters. The van der Waals surface area contributed by atoms with Gasteiger partial charge in [0.05, 0.1) is 5.56 Å². The van der Waals surface area contributed by atoms with Crippen molar-refractivity contribution >= 4 is 5.69 Å². The molecule has 0 bridgehead atoms. The highest BCUT2D eigenvalue weighted by atomic mass is 15.1. The number of para-hydroxylation sites is 1. The molecule has 1 N–H and O–H groups in total. The van der Waals surface area contributed by atoms with Gasteiger partial charge in [0, 0.05) is 0 Å². The van der Waals surface area contributed by atoms with Gasteiger partial charge in [-0.3, -0.25) is 0 Å². The van der Waals surface area contributed by atoms with E-state index in [0.717, 1.165) is 12.2 Å². The lowest BCUT2D eigenvalue weighted by Gasteiger charge is -1.84. The number of nitrogens with zero attached hydrogens (tertiary/aromatic N) is 1. The first-order valence-electron chi connectivity index (χ1n) is 2.98. The quantitative estimate of drug-likeness (QED) is 0.510. The van der Waals surface area contributed by atoms with Crippen LogP contribution in [-0.4, -0.2) is 0 Å². The van der Waals surface area contributed by atoms with Crippen LogP contribution in [0.3, 0.4) is 0 Å². The summed E-state index contributed by atoms with van der Waals surface area (Å²) in [5, 5.41) is 6.96. The van der Waals surface area contributed by atoms with Crippen LogP contribution in [0.25, 0.3) is 0 Å². The third kappa shape index (κ3) is 0.633. The Morgan fingerprint density at radius 3 is 3.11 bits per heavy atom. The van der Waals surface area contributed by atoms with Crippen LogP contribution in [0.2, 0.25) is 0 Å². The van der Waals surface area contributed by atoms with E-state index in [4.69, 9.17) is 0 Å². The summed E-state index contributed by atoms with van der Waals surface area (Å²) < 4.78 is 0. The maximum Gasteiger partial charge on any atom is 0.193 e. The lowest BCUT2D eigenvalue weighted by molar-refractivity contribution is -0.537. The van der Waals surface area contributed by atoms with Gasteiger partial charge in [-0.15, -0.1) is 5.11 Å². The van der Waals surface area contributed by atoms with Crippen LogP contribution < -0.4 is 5.11 Å². The van der Waals surface area contributed by atoms with Crippen molar-refractivity contribution in [1.82, 2.24) is 0 Å². The highest BCUT2D eigenvalue weighted by Crippen LogP contribution is 2.17. The molecule has 0 aromatic heterocycles. The van der Waals surface area contributed by atoms with Crippen molar-refractivity contribution < 1.29 is 5.11 Å². The van der Waals surface area contributed by atoms with Crippen molar-refractivity contribution in [2.75, 3.05) is 0 Å². The highest BCUT2D eigenvalue weighted by molar-refractivity contribution is 5.44. The standard InChI is InChI=1S/C7H6N2/c1-2-4-7-6(3-1)5-8-9-7/h1-4H,5H2/p+1. The van der Waals surface area contributed by atoms with E-state index in [2.05, 4.69) is 16.3 Å². The minimum absolute atomic E-state index is 0.885. The van der Waals surface area contributed by atoms with Gasteiger partial charge in [-0.1, -0.05) is 18.2 Å². The second kappa shape index (κ2) is 1.65. The van der Waals surface area contributed by atoms with Crippen LogP contribution in [-0.2, 0) is 6.54 Å². The van der Waals surface area contributed by atoms with Crippen LogP contribution in [0.5, 0.6) is 0 Å². The van der Waals surface area contributed by atoms with Gasteiger partial charge in [0.25, 0.3) is 0 Å².